The van der Waals surface area contributed by atoms with Crippen LogP contribution in [0.25, 0.3) is 0 Å². The van der Waals surface area contributed by atoms with Gasteiger partial charge in [-0.15, -0.1) is 11.3 Å². The highest BCUT2D eigenvalue weighted by Crippen LogP contribution is 2.29. The first kappa shape index (κ1) is 15.3. The second-order valence-corrected chi connectivity index (χ2v) is 6.62. The van der Waals surface area contributed by atoms with Crippen molar-refractivity contribution in [3.63, 3.8) is 0 Å². The highest BCUT2D eigenvalue weighted by molar-refractivity contribution is 7.09. The van der Waals surface area contributed by atoms with Crippen LogP contribution < -0.4 is 10.1 Å². The largest absolute Gasteiger partial charge is 0.497 e. The van der Waals surface area contributed by atoms with E-state index in [1.807, 2.05) is 29.6 Å². The molecule has 4 nitrogen and oxygen atoms in total. The molecule has 0 saturated heterocycles. The summed E-state index contributed by atoms with van der Waals surface area (Å²) in [4.78, 5) is 4.59. The number of hydrogen-bond acceptors (Lipinski definition) is 5. The van der Waals surface area contributed by atoms with E-state index in [4.69, 9.17) is 4.74 Å². The van der Waals surface area contributed by atoms with Crippen LogP contribution in [0.4, 0.5) is 5.69 Å². The van der Waals surface area contributed by atoms with Crippen molar-refractivity contribution in [2.24, 2.45) is 0 Å². The molecular formula is C16H19N3OS. The molecule has 1 atom stereocenters. The Morgan fingerprint density at radius 3 is 2.43 bits per heavy atom. The molecule has 1 unspecified atom stereocenters. The first-order valence-electron chi connectivity index (χ1n) is 6.70. The van der Waals surface area contributed by atoms with E-state index < -0.39 is 6.04 Å². The van der Waals surface area contributed by atoms with Gasteiger partial charge in [-0.1, -0.05) is 20.8 Å². The van der Waals surface area contributed by atoms with Crippen LogP contribution >= 0.6 is 11.3 Å². The fourth-order valence-corrected chi connectivity index (χ4v) is 2.72. The number of benzene rings is 1. The standard InChI is InChI=1S/C16H19N3OS/c1-16(2,3)15-19-14(10-21-15)13(9-17)18-11-5-7-12(20-4)8-6-11/h5-8,10,13,18H,1-4H3. The quantitative estimate of drug-likeness (QED) is 0.922. The van der Waals surface area contributed by atoms with Gasteiger partial charge in [-0.2, -0.15) is 5.26 Å². The molecule has 2 aromatic rings. The lowest BCUT2D eigenvalue weighted by Gasteiger charge is -2.14. The van der Waals surface area contributed by atoms with E-state index in [0.717, 1.165) is 22.1 Å². The summed E-state index contributed by atoms with van der Waals surface area (Å²) in [5, 5.41) is 15.6. The van der Waals surface area contributed by atoms with Crippen molar-refractivity contribution < 1.29 is 4.74 Å². The molecule has 5 heteroatoms. The predicted molar refractivity (Wildman–Crippen MR) is 85.8 cm³/mol. The Morgan fingerprint density at radius 1 is 1.29 bits per heavy atom. The Labute approximate surface area is 129 Å². The van der Waals surface area contributed by atoms with Crippen molar-refractivity contribution in [2.45, 2.75) is 32.2 Å². The van der Waals surface area contributed by atoms with E-state index in [9.17, 15) is 5.26 Å². The van der Waals surface area contributed by atoms with Gasteiger partial charge in [-0.05, 0) is 24.3 Å². The average molecular weight is 301 g/mol. The van der Waals surface area contributed by atoms with Gasteiger partial charge in [-0.3, -0.25) is 0 Å². The molecule has 0 bridgehead atoms. The van der Waals surface area contributed by atoms with Crippen molar-refractivity contribution in [3.8, 4) is 11.8 Å². The first-order chi connectivity index (χ1) is 9.94. The molecule has 0 aliphatic carbocycles. The molecule has 0 aliphatic rings. The van der Waals surface area contributed by atoms with Crippen LogP contribution in [0.15, 0.2) is 29.6 Å². The SMILES string of the molecule is COc1ccc(NC(C#N)c2csc(C(C)(C)C)n2)cc1. The fourth-order valence-electron chi connectivity index (χ4n) is 1.79. The highest BCUT2D eigenvalue weighted by atomic mass is 32.1. The number of nitrogens with zero attached hydrogens (tertiary/aromatic N) is 2. The molecule has 21 heavy (non-hydrogen) atoms. The molecular weight excluding hydrogens is 282 g/mol. The Hall–Kier alpha value is -2.06. The average Bonchev–Trinajstić information content (AvgIpc) is 2.95. The van der Waals surface area contributed by atoms with E-state index in [1.165, 1.54) is 0 Å². The Balaban J connectivity index is 2.16. The highest BCUT2D eigenvalue weighted by Gasteiger charge is 2.21. The van der Waals surface area contributed by atoms with E-state index in [2.05, 4.69) is 37.1 Å². The lowest BCUT2D eigenvalue weighted by atomic mass is 9.98. The molecule has 0 aliphatic heterocycles. The third-order valence-corrected chi connectivity index (χ3v) is 4.28. The van der Waals surface area contributed by atoms with Crippen LogP contribution in [0.1, 0.15) is 37.5 Å². The van der Waals surface area contributed by atoms with Crippen molar-refractivity contribution in [2.75, 3.05) is 12.4 Å². The Morgan fingerprint density at radius 2 is 1.95 bits per heavy atom. The Bertz CT molecular complexity index is 635. The molecule has 110 valence electrons. The van der Waals surface area contributed by atoms with Gasteiger partial charge in [0.15, 0.2) is 6.04 Å². The number of nitrogens with one attached hydrogen (secondary N) is 1. The second kappa shape index (κ2) is 6.15. The number of nitriles is 1. The Kier molecular flexibility index (Phi) is 4.49. The van der Waals surface area contributed by atoms with Crippen LogP contribution in [0.5, 0.6) is 5.75 Å². The molecule has 0 saturated carbocycles. The molecule has 1 N–H and O–H groups in total. The molecule has 0 radical (unpaired) electrons. The van der Waals surface area contributed by atoms with E-state index >= 15 is 0 Å². The zero-order chi connectivity index (χ0) is 15.5. The van der Waals surface area contributed by atoms with E-state index in [-0.39, 0.29) is 5.41 Å². The van der Waals surface area contributed by atoms with E-state index in [1.54, 1.807) is 18.4 Å². The maximum atomic E-state index is 9.38. The van der Waals surface area contributed by atoms with Crippen LogP contribution in [-0.4, -0.2) is 12.1 Å². The monoisotopic (exact) mass is 301 g/mol. The third kappa shape index (κ3) is 3.73. The zero-order valence-corrected chi connectivity index (χ0v) is 13.5. The van der Waals surface area contributed by atoms with Crippen molar-refractivity contribution >= 4 is 17.0 Å². The minimum absolute atomic E-state index is 0.00301. The van der Waals surface area contributed by atoms with Gasteiger partial charge in [0, 0.05) is 16.5 Å². The topological polar surface area (TPSA) is 57.9 Å². The lowest BCUT2D eigenvalue weighted by Crippen LogP contribution is -2.13. The number of anilines is 1. The van der Waals surface area contributed by atoms with Crippen LogP contribution in [0.3, 0.4) is 0 Å². The van der Waals surface area contributed by atoms with Gasteiger partial charge in [-0.25, -0.2) is 4.98 Å². The number of aromatic nitrogens is 1. The number of rotatable bonds is 4. The molecule has 0 spiro atoms. The molecule has 1 aromatic heterocycles. The maximum absolute atomic E-state index is 9.38. The molecule has 2 rings (SSSR count). The number of ether oxygens (including phenoxy) is 1. The second-order valence-electron chi connectivity index (χ2n) is 5.76. The van der Waals surface area contributed by atoms with Crippen molar-refractivity contribution in [3.05, 3.63) is 40.3 Å². The number of methoxy groups -OCH3 is 1. The summed E-state index contributed by atoms with van der Waals surface area (Å²) in [5.74, 6) is 0.790. The number of thiazole rings is 1. The third-order valence-electron chi connectivity index (χ3n) is 2.99. The zero-order valence-electron chi connectivity index (χ0n) is 12.7. The summed E-state index contributed by atoms with van der Waals surface area (Å²) < 4.78 is 5.12. The van der Waals surface area contributed by atoms with Gasteiger partial charge in [0.25, 0.3) is 0 Å². The van der Waals surface area contributed by atoms with Crippen LogP contribution in [0.2, 0.25) is 0 Å². The summed E-state index contributed by atoms with van der Waals surface area (Å²) in [6, 6.07) is 9.31. The summed E-state index contributed by atoms with van der Waals surface area (Å²) in [7, 11) is 1.63. The van der Waals surface area contributed by atoms with Crippen LogP contribution in [-0.2, 0) is 5.41 Å². The minimum atomic E-state index is -0.453. The van der Waals surface area contributed by atoms with Crippen molar-refractivity contribution in [1.82, 2.24) is 4.98 Å². The predicted octanol–water partition coefficient (Wildman–Crippen LogP) is 4.13. The van der Waals surface area contributed by atoms with Gasteiger partial charge < -0.3 is 10.1 Å². The molecule has 1 aromatic carbocycles. The summed E-state index contributed by atoms with van der Waals surface area (Å²) in [6.45, 7) is 6.36. The van der Waals surface area contributed by atoms with Gasteiger partial charge in [0.05, 0.1) is 23.9 Å². The lowest BCUT2D eigenvalue weighted by molar-refractivity contribution is 0.415. The van der Waals surface area contributed by atoms with Gasteiger partial charge >= 0.3 is 0 Å². The molecule has 0 fully saturated rings. The summed E-state index contributed by atoms with van der Waals surface area (Å²) in [5.41, 5.74) is 1.64. The smallest absolute Gasteiger partial charge is 0.158 e. The first-order valence-corrected chi connectivity index (χ1v) is 7.58. The normalized spacial score (nSPS) is 12.5. The van der Waals surface area contributed by atoms with Gasteiger partial charge in [0.1, 0.15) is 5.75 Å². The summed E-state index contributed by atoms with van der Waals surface area (Å²) in [6.07, 6.45) is 0. The van der Waals surface area contributed by atoms with E-state index in [0.29, 0.717) is 0 Å². The minimum Gasteiger partial charge on any atom is -0.497 e. The molecule has 0 amide bonds. The van der Waals surface area contributed by atoms with Crippen molar-refractivity contribution in [1.29, 1.82) is 5.26 Å². The summed E-state index contributed by atoms with van der Waals surface area (Å²) >= 11 is 1.59. The maximum Gasteiger partial charge on any atom is 0.158 e. The number of hydrogen-bond donors (Lipinski definition) is 1. The van der Waals surface area contributed by atoms with Crippen LogP contribution in [0, 0.1) is 11.3 Å². The fraction of sp³-hybridized carbons (Fsp3) is 0.375. The molecule has 1 heterocycles. The van der Waals surface area contributed by atoms with Gasteiger partial charge in [0.2, 0.25) is 0 Å².